The molecule has 28 heavy (non-hydrogen) atoms. The number of rotatable bonds is 6. The lowest BCUT2D eigenvalue weighted by Gasteiger charge is -2.05. The Morgan fingerprint density at radius 1 is 1.00 bits per heavy atom. The molecule has 0 radical (unpaired) electrons. The third-order valence-electron chi connectivity index (χ3n) is 4.59. The molecule has 3 aromatic rings. The summed E-state index contributed by atoms with van der Waals surface area (Å²) in [7, 11) is 0. The van der Waals surface area contributed by atoms with Crippen molar-refractivity contribution in [3.05, 3.63) is 83.6 Å². The van der Waals surface area contributed by atoms with Crippen molar-refractivity contribution in [1.29, 1.82) is 0 Å². The monoisotopic (exact) mass is 371 g/mol. The van der Waals surface area contributed by atoms with Crippen LogP contribution in [0.2, 0.25) is 0 Å². The van der Waals surface area contributed by atoms with Crippen LogP contribution in [-0.2, 0) is 9.53 Å². The van der Waals surface area contributed by atoms with E-state index in [0.29, 0.717) is 18.2 Å². The fraction of sp³-hybridized carbons (Fsp3) is 0.167. The summed E-state index contributed by atoms with van der Waals surface area (Å²) < 4.78 is 11.1. The van der Waals surface area contributed by atoms with E-state index in [4.69, 9.17) is 9.47 Å². The molecule has 0 saturated heterocycles. The first-order valence-electron chi connectivity index (χ1n) is 9.48. The van der Waals surface area contributed by atoms with Gasteiger partial charge in [0, 0.05) is 5.56 Å². The van der Waals surface area contributed by atoms with E-state index in [1.807, 2.05) is 66.7 Å². The van der Waals surface area contributed by atoms with Crippen LogP contribution < -0.4 is 4.74 Å². The van der Waals surface area contributed by atoms with Gasteiger partial charge in [0.15, 0.2) is 5.70 Å². The minimum atomic E-state index is -0.439. The number of fused-ring (bicyclic) bond motifs is 1. The number of ether oxygens (including phenoxy) is 2. The van der Waals surface area contributed by atoms with Crippen LogP contribution in [0, 0.1) is 0 Å². The molecule has 3 aromatic carbocycles. The van der Waals surface area contributed by atoms with Crippen molar-refractivity contribution in [2.45, 2.75) is 19.8 Å². The third-order valence-corrected chi connectivity index (χ3v) is 4.59. The number of unbranched alkanes of at least 4 members (excludes halogenated alkanes) is 1. The first-order valence-corrected chi connectivity index (χ1v) is 9.48. The molecule has 0 N–H and O–H groups in total. The second-order valence-corrected chi connectivity index (χ2v) is 6.63. The Kier molecular flexibility index (Phi) is 5.20. The summed E-state index contributed by atoms with van der Waals surface area (Å²) >= 11 is 0. The van der Waals surface area contributed by atoms with Crippen LogP contribution in [0.5, 0.6) is 5.75 Å². The van der Waals surface area contributed by atoms with E-state index in [2.05, 4.69) is 11.9 Å². The summed E-state index contributed by atoms with van der Waals surface area (Å²) in [6.07, 6.45) is 3.86. The number of carbonyl (C=O) groups is 1. The van der Waals surface area contributed by atoms with Crippen LogP contribution in [0.3, 0.4) is 0 Å². The lowest BCUT2D eigenvalue weighted by atomic mass is 10.0. The van der Waals surface area contributed by atoms with Gasteiger partial charge < -0.3 is 9.47 Å². The molecule has 0 spiro atoms. The van der Waals surface area contributed by atoms with Crippen LogP contribution in [0.4, 0.5) is 0 Å². The van der Waals surface area contributed by atoms with E-state index in [-0.39, 0.29) is 0 Å². The Hall–Kier alpha value is -3.40. The first kappa shape index (κ1) is 18.0. The zero-order valence-corrected chi connectivity index (χ0v) is 15.7. The van der Waals surface area contributed by atoms with Crippen molar-refractivity contribution in [3.63, 3.8) is 0 Å². The SMILES string of the molecule is CCCCOc1ccc(/C=C2/N=C(c3cccc4ccccc34)OC2=O)cc1. The molecule has 1 aliphatic rings. The number of hydrogen-bond donors (Lipinski definition) is 0. The smallest absolute Gasteiger partial charge is 0.363 e. The number of carbonyl (C=O) groups excluding carboxylic acids is 1. The van der Waals surface area contributed by atoms with Crippen LogP contribution in [0.15, 0.2) is 77.4 Å². The summed E-state index contributed by atoms with van der Waals surface area (Å²) in [5.41, 5.74) is 1.98. The first-order chi connectivity index (χ1) is 13.7. The zero-order chi connectivity index (χ0) is 19.3. The van der Waals surface area contributed by atoms with E-state index in [1.54, 1.807) is 6.08 Å². The molecule has 140 valence electrons. The lowest BCUT2D eigenvalue weighted by Crippen LogP contribution is -2.05. The van der Waals surface area contributed by atoms with Gasteiger partial charge >= 0.3 is 5.97 Å². The second kappa shape index (κ2) is 8.09. The van der Waals surface area contributed by atoms with E-state index in [9.17, 15) is 4.79 Å². The average molecular weight is 371 g/mol. The Labute approximate surface area is 164 Å². The molecule has 0 atom stereocenters. The molecule has 0 bridgehead atoms. The van der Waals surface area contributed by atoms with E-state index < -0.39 is 5.97 Å². The standard InChI is InChI=1S/C24H21NO3/c1-2-3-15-27-19-13-11-17(12-14-19)16-22-24(26)28-23(25-22)21-10-6-8-18-7-4-5-9-20(18)21/h4-14,16H,2-3,15H2,1H3/b22-16+. The van der Waals surface area contributed by atoms with Crippen molar-refractivity contribution in [2.75, 3.05) is 6.61 Å². The molecule has 0 unspecified atom stereocenters. The predicted octanol–water partition coefficient (Wildman–Crippen LogP) is 5.36. The summed E-state index contributed by atoms with van der Waals surface area (Å²) in [6, 6.07) is 21.5. The van der Waals surface area contributed by atoms with Gasteiger partial charge in [0.1, 0.15) is 5.75 Å². The summed E-state index contributed by atoms with van der Waals surface area (Å²) in [5.74, 6) is 0.725. The highest BCUT2D eigenvalue weighted by molar-refractivity contribution is 6.17. The minimum Gasteiger partial charge on any atom is -0.494 e. The van der Waals surface area contributed by atoms with Gasteiger partial charge in [-0.1, -0.05) is 61.9 Å². The third kappa shape index (κ3) is 3.81. The molecule has 0 saturated carbocycles. The van der Waals surface area contributed by atoms with Crippen molar-refractivity contribution in [2.24, 2.45) is 4.99 Å². The summed E-state index contributed by atoms with van der Waals surface area (Å²) in [4.78, 5) is 16.8. The molecule has 0 aromatic heterocycles. The summed E-state index contributed by atoms with van der Waals surface area (Å²) in [5, 5.41) is 2.08. The molecule has 0 fully saturated rings. The Balaban J connectivity index is 1.58. The number of cyclic esters (lactones) is 1. The average Bonchev–Trinajstić information content (AvgIpc) is 3.09. The van der Waals surface area contributed by atoms with E-state index >= 15 is 0 Å². The quantitative estimate of drug-likeness (QED) is 0.333. The van der Waals surface area contributed by atoms with E-state index in [1.165, 1.54) is 0 Å². The number of aliphatic imine (C=N–C) groups is 1. The highest BCUT2D eigenvalue weighted by Crippen LogP contribution is 2.25. The van der Waals surface area contributed by atoms with E-state index in [0.717, 1.165) is 40.5 Å². The zero-order valence-electron chi connectivity index (χ0n) is 15.7. The molecule has 4 nitrogen and oxygen atoms in total. The largest absolute Gasteiger partial charge is 0.494 e. The summed E-state index contributed by atoms with van der Waals surface area (Å²) in [6.45, 7) is 2.84. The normalized spacial score (nSPS) is 15.0. The van der Waals surface area contributed by atoms with Crippen molar-refractivity contribution in [3.8, 4) is 5.75 Å². The van der Waals surface area contributed by atoms with Crippen LogP contribution in [0.1, 0.15) is 30.9 Å². The van der Waals surface area contributed by atoms with Crippen molar-refractivity contribution >= 4 is 28.7 Å². The van der Waals surface area contributed by atoms with Gasteiger partial charge in [0.05, 0.1) is 6.61 Å². The van der Waals surface area contributed by atoms with Crippen LogP contribution in [0.25, 0.3) is 16.8 Å². The maximum atomic E-state index is 12.3. The highest BCUT2D eigenvalue weighted by atomic mass is 16.6. The van der Waals surface area contributed by atoms with Gasteiger partial charge in [-0.25, -0.2) is 9.79 Å². The fourth-order valence-corrected chi connectivity index (χ4v) is 3.09. The number of nitrogens with zero attached hydrogens (tertiary/aromatic N) is 1. The molecule has 0 amide bonds. The Morgan fingerprint density at radius 3 is 2.61 bits per heavy atom. The lowest BCUT2D eigenvalue weighted by molar-refractivity contribution is -0.129. The second-order valence-electron chi connectivity index (χ2n) is 6.63. The minimum absolute atomic E-state index is 0.294. The van der Waals surface area contributed by atoms with Gasteiger partial charge in [-0.2, -0.15) is 0 Å². The number of esters is 1. The van der Waals surface area contributed by atoms with Crippen LogP contribution >= 0.6 is 0 Å². The predicted molar refractivity (Wildman–Crippen MR) is 111 cm³/mol. The Morgan fingerprint density at radius 2 is 1.79 bits per heavy atom. The van der Waals surface area contributed by atoms with Crippen LogP contribution in [-0.4, -0.2) is 18.5 Å². The number of benzene rings is 3. The topological polar surface area (TPSA) is 47.9 Å². The maximum Gasteiger partial charge on any atom is 0.363 e. The maximum absolute atomic E-state index is 12.3. The molecule has 4 heteroatoms. The molecule has 1 aliphatic heterocycles. The fourth-order valence-electron chi connectivity index (χ4n) is 3.09. The van der Waals surface area contributed by atoms with Gasteiger partial charge in [-0.3, -0.25) is 0 Å². The van der Waals surface area contributed by atoms with Gasteiger partial charge in [-0.05, 0) is 47.0 Å². The molecule has 1 heterocycles. The highest BCUT2D eigenvalue weighted by Gasteiger charge is 2.25. The van der Waals surface area contributed by atoms with Gasteiger partial charge in [0.25, 0.3) is 0 Å². The van der Waals surface area contributed by atoms with Crippen molar-refractivity contribution in [1.82, 2.24) is 0 Å². The number of hydrogen-bond acceptors (Lipinski definition) is 4. The molecule has 4 rings (SSSR count). The molecular weight excluding hydrogens is 350 g/mol. The Bertz CT molecular complexity index is 1060. The van der Waals surface area contributed by atoms with Gasteiger partial charge in [-0.15, -0.1) is 0 Å². The van der Waals surface area contributed by atoms with Crippen molar-refractivity contribution < 1.29 is 14.3 Å². The molecular formula is C24H21NO3. The molecule has 0 aliphatic carbocycles. The van der Waals surface area contributed by atoms with Gasteiger partial charge in [0.2, 0.25) is 5.90 Å².